The molecule has 0 saturated carbocycles. The molecule has 0 aliphatic rings. The average Bonchev–Trinajstić information content (AvgIpc) is 2.23. The average molecular weight is 304 g/mol. The van der Waals surface area contributed by atoms with Gasteiger partial charge in [0.2, 0.25) is 0 Å². The van der Waals surface area contributed by atoms with Crippen LogP contribution in [0.5, 0.6) is 0 Å². The Balaban J connectivity index is 2.73. The first-order chi connectivity index (χ1) is 8.53. The summed E-state index contributed by atoms with van der Waals surface area (Å²) in [5.74, 6) is -0.370. The Morgan fingerprint density at radius 3 is 2.37 bits per heavy atom. The summed E-state index contributed by atoms with van der Waals surface area (Å²) in [5.41, 5.74) is 6.73. The summed E-state index contributed by atoms with van der Waals surface area (Å²) in [6.07, 6.45) is 0. The minimum atomic E-state index is -1.83. The zero-order chi connectivity index (χ0) is 14.8. The van der Waals surface area contributed by atoms with E-state index in [0.29, 0.717) is 17.2 Å². The molecule has 5 heteroatoms. The van der Waals surface area contributed by atoms with Crippen molar-refractivity contribution in [3.8, 4) is 0 Å². The summed E-state index contributed by atoms with van der Waals surface area (Å²) in [7, 11) is -1.83. The molecular weight excluding hydrogens is 281 g/mol. The lowest BCUT2D eigenvalue weighted by Gasteiger charge is -2.37. The van der Waals surface area contributed by atoms with Crippen molar-refractivity contribution >= 4 is 19.9 Å². The SMILES string of the molecule is CC(C)(C)[Si](C)(C)OCC(N)c1cc(F)cc(Cl)c1. The molecule has 1 unspecified atom stereocenters. The third kappa shape index (κ3) is 4.56. The van der Waals surface area contributed by atoms with Crippen molar-refractivity contribution in [2.24, 2.45) is 5.73 Å². The predicted molar refractivity (Wildman–Crippen MR) is 81.5 cm³/mol. The lowest BCUT2D eigenvalue weighted by molar-refractivity contribution is 0.264. The molecule has 0 saturated heterocycles. The van der Waals surface area contributed by atoms with Gasteiger partial charge in [0.1, 0.15) is 5.82 Å². The molecule has 1 atom stereocenters. The van der Waals surface area contributed by atoms with Crippen LogP contribution in [0.1, 0.15) is 32.4 Å². The van der Waals surface area contributed by atoms with Gasteiger partial charge in [-0.25, -0.2) is 4.39 Å². The smallest absolute Gasteiger partial charge is 0.192 e. The number of halogens is 2. The molecule has 0 heterocycles. The number of rotatable bonds is 4. The van der Waals surface area contributed by atoms with E-state index in [1.54, 1.807) is 6.07 Å². The van der Waals surface area contributed by atoms with E-state index in [2.05, 4.69) is 33.9 Å². The second kappa shape index (κ2) is 5.91. The molecule has 1 rings (SSSR count). The number of hydrogen-bond acceptors (Lipinski definition) is 2. The molecule has 1 aromatic rings. The molecule has 0 radical (unpaired) electrons. The standard InChI is InChI=1S/C14H23ClFNOSi/c1-14(2,3)19(4,5)18-9-13(17)10-6-11(15)8-12(16)7-10/h6-8,13H,9,17H2,1-5H3. The van der Waals surface area contributed by atoms with Crippen LogP contribution in [-0.4, -0.2) is 14.9 Å². The van der Waals surface area contributed by atoms with Gasteiger partial charge in [-0.05, 0) is 41.9 Å². The van der Waals surface area contributed by atoms with Crippen LogP contribution in [0, 0.1) is 5.82 Å². The molecule has 0 amide bonds. The minimum absolute atomic E-state index is 0.131. The van der Waals surface area contributed by atoms with Gasteiger partial charge in [0.15, 0.2) is 8.32 Å². The van der Waals surface area contributed by atoms with E-state index in [1.165, 1.54) is 12.1 Å². The third-order valence-electron chi connectivity index (χ3n) is 3.74. The largest absolute Gasteiger partial charge is 0.415 e. The molecule has 0 aliphatic carbocycles. The summed E-state index contributed by atoms with van der Waals surface area (Å²) < 4.78 is 19.3. The molecule has 2 N–H and O–H groups in total. The number of hydrogen-bond donors (Lipinski definition) is 1. The van der Waals surface area contributed by atoms with Crippen molar-refractivity contribution in [2.75, 3.05) is 6.61 Å². The highest BCUT2D eigenvalue weighted by atomic mass is 35.5. The fourth-order valence-corrected chi connectivity index (χ4v) is 2.66. The molecular formula is C14H23ClFNOSi. The maximum Gasteiger partial charge on any atom is 0.192 e. The van der Waals surface area contributed by atoms with Crippen LogP contribution >= 0.6 is 11.6 Å². The van der Waals surface area contributed by atoms with Crippen LogP contribution in [-0.2, 0) is 4.43 Å². The summed E-state index contributed by atoms with van der Waals surface area (Å²) >= 11 is 5.83. The van der Waals surface area contributed by atoms with Gasteiger partial charge >= 0.3 is 0 Å². The van der Waals surface area contributed by atoms with Gasteiger partial charge in [0, 0.05) is 5.02 Å². The highest BCUT2D eigenvalue weighted by molar-refractivity contribution is 6.74. The Morgan fingerprint density at radius 1 is 1.32 bits per heavy atom. The van der Waals surface area contributed by atoms with Gasteiger partial charge in [-0.15, -0.1) is 0 Å². The van der Waals surface area contributed by atoms with Crippen LogP contribution in [0.15, 0.2) is 18.2 Å². The molecule has 0 aromatic heterocycles. The monoisotopic (exact) mass is 303 g/mol. The Labute approximate surface area is 121 Å². The third-order valence-corrected chi connectivity index (χ3v) is 8.46. The van der Waals surface area contributed by atoms with Crippen molar-refractivity contribution in [3.63, 3.8) is 0 Å². The Hall–Kier alpha value is -0.423. The van der Waals surface area contributed by atoms with Crippen molar-refractivity contribution in [1.82, 2.24) is 0 Å². The first kappa shape index (κ1) is 16.6. The fourth-order valence-electron chi connectivity index (χ4n) is 1.40. The Bertz CT molecular complexity index is 425. The quantitative estimate of drug-likeness (QED) is 0.831. The maximum absolute atomic E-state index is 13.3. The van der Waals surface area contributed by atoms with Gasteiger partial charge < -0.3 is 10.2 Å². The van der Waals surface area contributed by atoms with Gasteiger partial charge in [0.25, 0.3) is 0 Å². The van der Waals surface area contributed by atoms with Crippen molar-refractivity contribution in [2.45, 2.75) is 44.9 Å². The highest BCUT2D eigenvalue weighted by Gasteiger charge is 2.37. The zero-order valence-electron chi connectivity index (χ0n) is 12.3. The fraction of sp³-hybridized carbons (Fsp3) is 0.571. The Kier molecular flexibility index (Phi) is 5.18. The van der Waals surface area contributed by atoms with E-state index in [1.807, 2.05) is 0 Å². The molecule has 1 aromatic carbocycles. The Morgan fingerprint density at radius 2 is 1.89 bits per heavy atom. The summed E-state index contributed by atoms with van der Waals surface area (Å²) in [6, 6.07) is 4.00. The second-order valence-corrected chi connectivity index (χ2v) is 11.6. The molecule has 0 bridgehead atoms. The molecule has 0 aliphatic heterocycles. The molecule has 2 nitrogen and oxygen atoms in total. The molecule has 108 valence electrons. The van der Waals surface area contributed by atoms with E-state index in [-0.39, 0.29) is 16.9 Å². The lowest BCUT2D eigenvalue weighted by atomic mass is 10.1. The summed E-state index contributed by atoms with van der Waals surface area (Å²) in [6.45, 7) is 11.2. The van der Waals surface area contributed by atoms with Crippen molar-refractivity contribution in [3.05, 3.63) is 34.6 Å². The molecule has 19 heavy (non-hydrogen) atoms. The van der Waals surface area contributed by atoms with Gasteiger partial charge in [-0.1, -0.05) is 32.4 Å². The van der Waals surface area contributed by atoms with Crippen LogP contribution in [0.25, 0.3) is 0 Å². The lowest BCUT2D eigenvalue weighted by Crippen LogP contribution is -2.42. The van der Waals surface area contributed by atoms with Crippen molar-refractivity contribution in [1.29, 1.82) is 0 Å². The van der Waals surface area contributed by atoms with Crippen LogP contribution in [0.3, 0.4) is 0 Å². The van der Waals surface area contributed by atoms with Gasteiger partial charge in [0.05, 0.1) is 12.6 Å². The maximum atomic E-state index is 13.3. The summed E-state index contributed by atoms with van der Waals surface area (Å²) in [5, 5.41) is 0.490. The predicted octanol–water partition coefficient (Wildman–Crippen LogP) is 4.50. The highest BCUT2D eigenvalue weighted by Crippen LogP contribution is 2.37. The minimum Gasteiger partial charge on any atom is -0.415 e. The first-order valence-electron chi connectivity index (χ1n) is 6.38. The van der Waals surface area contributed by atoms with Crippen LogP contribution < -0.4 is 5.73 Å². The van der Waals surface area contributed by atoms with Crippen molar-refractivity contribution < 1.29 is 8.82 Å². The second-order valence-electron chi connectivity index (χ2n) is 6.38. The van der Waals surface area contributed by atoms with E-state index >= 15 is 0 Å². The van der Waals surface area contributed by atoms with E-state index in [0.717, 1.165) is 0 Å². The number of benzene rings is 1. The number of nitrogens with two attached hydrogens (primary N) is 1. The van der Waals surface area contributed by atoms with E-state index < -0.39 is 8.32 Å². The zero-order valence-corrected chi connectivity index (χ0v) is 14.0. The van der Waals surface area contributed by atoms with Crippen LogP contribution in [0.2, 0.25) is 23.2 Å². The van der Waals surface area contributed by atoms with E-state index in [4.69, 9.17) is 21.8 Å². The first-order valence-corrected chi connectivity index (χ1v) is 9.67. The van der Waals surface area contributed by atoms with Gasteiger partial charge in [-0.3, -0.25) is 0 Å². The molecule has 0 spiro atoms. The molecule has 0 fully saturated rings. The van der Waals surface area contributed by atoms with E-state index in [9.17, 15) is 4.39 Å². The topological polar surface area (TPSA) is 35.2 Å². The normalized spacial score (nSPS) is 14.5. The van der Waals surface area contributed by atoms with Crippen LogP contribution in [0.4, 0.5) is 4.39 Å². The summed E-state index contributed by atoms with van der Waals surface area (Å²) in [4.78, 5) is 0. The van der Waals surface area contributed by atoms with Gasteiger partial charge in [-0.2, -0.15) is 0 Å².